The van der Waals surface area contributed by atoms with Crippen LogP contribution in [0.3, 0.4) is 0 Å². The normalized spacial score (nSPS) is 10.6. The van der Waals surface area contributed by atoms with Crippen LogP contribution in [-0.2, 0) is 14.3 Å². The number of hydrogen-bond acceptors (Lipinski definition) is 4. The average Bonchev–Trinajstić information content (AvgIpc) is 2.27. The molecule has 4 heteroatoms. The zero-order chi connectivity index (χ0) is 11.8. The molecule has 4 nitrogen and oxygen atoms in total. The number of rotatable bonds is 5. The maximum Gasteiger partial charge on any atom is 0.330 e. The summed E-state index contributed by atoms with van der Waals surface area (Å²) in [5, 5.41) is 0. The highest BCUT2D eigenvalue weighted by Gasteiger charge is 1.96. The summed E-state index contributed by atoms with van der Waals surface area (Å²) in [6.07, 6.45) is 3.02. The molecule has 0 aliphatic rings. The number of ether oxygens (including phenoxy) is 2. The van der Waals surface area contributed by atoms with Gasteiger partial charge in [-0.25, -0.2) is 4.79 Å². The lowest BCUT2D eigenvalue weighted by Gasteiger charge is -2.00. The largest absolute Gasteiger partial charge is 0.460 e. The second-order valence-corrected chi connectivity index (χ2v) is 3.16. The first kappa shape index (κ1) is 12.3. The molecule has 0 amide bonds. The van der Waals surface area contributed by atoms with E-state index in [0.29, 0.717) is 12.3 Å². The highest BCUT2D eigenvalue weighted by Crippen LogP contribution is 2.07. The molecule has 0 bridgehead atoms. The third-order valence-corrected chi connectivity index (χ3v) is 1.85. The number of methoxy groups -OCH3 is 1. The first-order valence-electron chi connectivity index (χ1n) is 4.91. The number of nitrogens with two attached hydrogens (primary N) is 1. The van der Waals surface area contributed by atoms with Crippen LogP contribution in [0.25, 0.3) is 6.08 Å². The van der Waals surface area contributed by atoms with E-state index in [4.69, 9.17) is 15.2 Å². The standard InChI is InChI=1S/C12H15NO3/c1-15-7-8-16-12(14)6-5-10-3-2-4-11(13)9-10/h2-6,9H,7-8,13H2,1H3/b6-5+. The number of carbonyl (C=O) groups excluding carboxylic acids is 1. The number of benzene rings is 1. The predicted molar refractivity (Wildman–Crippen MR) is 62.7 cm³/mol. The Kier molecular flexibility index (Phi) is 5.08. The number of anilines is 1. The lowest BCUT2D eigenvalue weighted by Crippen LogP contribution is -2.06. The highest BCUT2D eigenvalue weighted by molar-refractivity contribution is 5.87. The van der Waals surface area contributed by atoms with Gasteiger partial charge >= 0.3 is 5.97 Å². The first-order valence-corrected chi connectivity index (χ1v) is 4.91. The summed E-state index contributed by atoms with van der Waals surface area (Å²) >= 11 is 0. The molecule has 0 unspecified atom stereocenters. The van der Waals surface area contributed by atoms with Crippen molar-refractivity contribution in [3.8, 4) is 0 Å². The van der Waals surface area contributed by atoms with Gasteiger partial charge in [0.15, 0.2) is 0 Å². The van der Waals surface area contributed by atoms with Gasteiger partial charge in [-0.3, -0.25) is 0 Å². The van der Waals surface area contributed by atoms with Crippen LogP contribution in [0.4, 0.5) is 5.69 Å². The molecule has 0 atom stereocenters. The van der Waals surface area contributed by atoms with Gasteiger partial charge in [0, 0.05) is 18.9 Å². The van der Waals surface area contributed by atoms with E-state index in [9.17, 15) is 4.79 Å². The monoisotopic (exact) mass is 221 g/mol. The summed E-state index contributed by atoms with van der Waals surface area (Å²) in [5.41, 5.74) is 7.12. The Morgan fingerprint density at radius 3 is 2.94 bits per heavy atom. The van der Waals surface area contributed by atoms with Crippen molar-refractivity contribution >= 4 is 17.7 Å². The van der Waals surface area contributed by atoms with E-state index in [1.165, 1.54) is 6.08 Å². The van der Waals surface area contributed by atoms with E-state index >= 15 is 0 Å². The minimum absolute atomic E-state index is 0.261. The molecule has 0 heterocycles. The van der Waals surface area contributed by atoms with Gasteiger partial charge in [-0.2, -0.15) is 0 Å². The maximum absolute atomic E-state index is 11.2. The summed E-state index contributed by atoms with van der Waals surface area (Å²) in [4.78, 5) is 11.2. The van der Waals surface area contributed by atoms with E-state index < -0.39 is 0 Å². The molecule has 0 saturated heterocycles. The molecule has 0 aromatic heterocycles. The summed E-state index contributed by atoms with van der Waals surface area (Å²) in [6.45, 7) is 0.661. The summed E-state index contributed by atoms with van der Waals surface area (Å²) < 4.78 is 9.61. The lowest BCUT2D eigenvalue weighted by molar-refractivity contribution is -0.138. The van der Waals surface area contributed by atoms with Crippen LogP contribution in [0.15, 0.2) is 30.3 Å². The topological polar surface area (TPSA) is 61.5 Å². The molecule has 1 aromatic carbocycles. The van der Waals surface area contributed by atoms with Crippen LogP contribution in [0.1, 0.15) is 5.56 Å². The molecule has 16 heavy (non-hydrogen) atoms. The Balaban J connectivity index is 2.44. The van der Waals surface area contributed by atoms with E-state index in [1.807, 2.05) is 12.1 Å². The quantitative estimate of drug-likeness (QED) is 0.354. The molecule has 0 aliphatic heterocycles. The number of hydrogen-bond donors (Lipinski definition) is 1. The van der Waals surface area contributed by atoms with Crippen molar-refractivity contribution in [1.29, 1.82) is 0 Å². The smallest absolute Gasteiger partial charge is 0.330 e. The Morgan fingerprint density at radius 2 is 2.25 bits per heavy atom. The maximum atomic E-state index is 11.2. The van der Waals surface area contributed by atoms with Crippen molar-refractivity contribution in [2.45, 2.75) is 0 Å². The van der Waals surface area contributed by atoms with Gasteiger partial charge in [-0.1, -0.05) is 12.1 Å². The van der Waals surface area contributed by atoms with Crippen molar-refractivity contribution < 1.29 is 14.3 Å². The van der Waals surface area contributed by atoms with Crippen molar-refractivity contribution in [3.63, 3.8) is 0 Å². The number of nitrogen functional groups attached to an aromatic ring is 1. The Labute approximate surface area is 94.7 Å². The molecule has 0 fully saturated rings. The lowest BCUT2D eigenvalue weighted by atomic mass is 10.2. The summed E-state index contributed by atoms with van der Waals surface area (Å²) in [5.74, 6) is -0.389. The molecule has 0 radical (unpaired) electrons. The first-order chi connectivity index (χ1) is 7.72. The van der Waals surface area contributed by atoms with Crippen molar-refractivity contribution in [1.82, 2.24) is 0 Å². The fourth-order valence-corrected chi connectivity index (χ4v) is 1.10. The highest BCUT2D eigenvalue weighted by atomic mass is 16.6. The summed E-state index contributed by atoms with van der Waals surface area (Å²) in [6, 6.07) is 7.24. The van der Waals surface area contributed by atoms with Crippen LogP contribution in [0.5, 0.6) is 0 Å². The second-order valence-electron chi connectivity index (χ2n) is 3.16. The summed E-state index contributed by atoms with van der Waals surface area (Å²) in [7, 11) is 1.55. The molecular formula is C12H15NO3. The van der Waals surface area contributed by atoms with Crippen molar-refractivity contribution in [3.05, 3.63) is 35.9 Å². The molecule has 0 spiro atoms. The van der Waals surface area contributed by atoms with Crippen LogP contribution >= 0.6 is 0 Å². The number of carbonyl (C=O) groups is 1. The van der Waals surface area contributed by atoms with Crippen molar-refractivity contribution in [2.75, 3.05) is 26.1 Å². The van der Waals surface area contributed by atoms with Gasteiger partial charge in [-0.15, -0.1) is 0 Å². The van der Waals surface area contributed by atoms with Crippen LogP contribution in [-0.4, -0.2) is 26.3 Å². The fourth-order valence-electron chi connectivity index (χ4n) is 1.10. The Morgan fingerprint density at radius 1 is 1.44 bits per heavy atom. The molecule has 0 saturated carbocycles. The molecular weight excluding hydrogens is 206 g/mol. The third kappa shape index (κ3) is 4.61. The molecule has 0 aliphatic carbocycles. The molecule has 1 aromatic rings. The predicted octanol–water partition coefficient (Wildman–Crippen LogP) is 1.47. The minimum atomic E-state index is -0.389. The molecule has 2 N–H and O–H groups in total. The molecule has 86 valence electrons. The third-order valence-electron chi connectivity index (χ3n) is 1.85. The zero-order valence-corrected chi connectivity index (χ0v) is 9.18. The van der Waals surface area contributed by atoms with Gasteiger partial charge < -0.3 is 15.2 Å². The average molecular weight is 221 g/mol. The van der Waals surface area contributed by atoms with Gasteiger partial charge in [0.05, 0.1) is 6.61 Å². The fraction of sp³-hybridized carbons (Fsp3) is 0.250. The Hall–Kier alpha value is -1.81. The van der Waals surface area contributed by atoms with Crippen LogP contribution < -0.4 is 5.73 Å². The van der Waals surface area contributed by atoms with E-state index in [-0.39, 0.29) is 12.6 Å². The van der Waals surface area contributed by atoms with Crippen molar-refractivity contribution in [2.24, 2.45) is 0 Å². The number of esters is 1. The van der Waals surface area contributed by atoms with Crippen LogP contribution in [0, 0.1) is 0 Å². The van der Waals surface area contributed by atoms with Gasteiger partial charge in [0.25, 0.3) is 0 Å². The molecule has 1 rings (SSSR count). The van der Waals surface area contributed by atoms with E-state index in [1.54, 1.807) is 25.3 Å². The van der Waals surface area contributed by atoms with E-state index in [2.05, 4.69) is 0 Å². The van der Waals surface area contributed by atoms with Crippen LogP contribution in [0.2, 0.25) is 0 Å². The van der Waals surface area contributed by atoms with E-state index in [0.717, 1.165) is 5.56 Å². The van der Waals surface area contributed by atoms with Gasteiger partial charge in [-0.05, 0) is 23.8 Å². The minimum Gasteiger partial charge on any atom is -0.460 e. The van der Waals surface area contributed by atoms with Gasteiger partial charge in [0.1, 0.15) is 6.61 Å². The van der Waals surface area contributed by atoms with Gasteiger partial charge in [0.2, 0.25) is 0 Å². The zero-order valence-electron chi connectivity index (χ0n) is 9.18. The second kappa shape index (κ2) is 6.63. The Bertz CT molecular complexity index is 374. The SMILES string of the molecule is COCCOC(=O)/C=C/c1cccc(N)c1.